The summed E-state index contributed by atoms with van der Waals surface area (Å²) in [4.78, 5) is 22.5. The minimum atomic E-state index is -4.29. The standard InChI is InChI=1S/C47H84NO7P/c1-3-5-7-9-11-13-15-17-19-20-21-22-23-24-25-27-29-31-33-35-37-39-42-52-44-46(45-54-56(50,51)53-43-41-48)55-47(49)40-38-36-34-32-30-28-26-18-16-14-12-10-8-6-4-2/h6,8,12,14-15,17-18,20-21,23-24,26,46H,3-5,7,9-11,13,16,19,22,25,27-45,48H2,1-2H3,(H,50,51)/b8-6-,14-12-,17-15-,21-20-,24-23-,26-18-. The summed E-state index contributed by atoms with van der Waals surface area (Å²) < 4.78 is 33.4. The molecule has 9 heteroatoms. The van der Waals surface area contributed by atoms with Gasteiger partial charge in [0.2, 0.25) is 0 Å². The predicted molar refractivity (Wildman–Crippen MR) is 238 cm³/mol. The second-order valence-electron chi connectivity index (χ2n) is 14.5. The maximum absolute atomic E-state index is 12.6. The first kappa shape index (κ1) is 53.9. The molecule has 0 amide bonds. The summed E-state index contributed by atoms with van der Waals surface area (Å²) in [7, 11) is -4.29. The maximum atomic E-state index is 12.6. The van der Waals surface area contributed by atoms with Crippen LogP contribution < -0.4 is 5.73 Å². The van der Waals surface area contributed by atoms with Gasteiger partial charge in [0.15, 0.2) is 0 Å². The highest BCUT2D eigenvalue weighted by atomic mass is 31.2. The molecular formula is C47H84NO7P. The maximum Gasteiger partial charge on any atom is 0.472 e. The van der Waals surface area contributed by atoms with Crippen molar-refractivity contribution in [3.05, 3.63) is 72.9 Å². The molecule has 0 radical (unpaired) electrons. The lowest BCUT2D eigenvalue weighted by Gasteiger charge is -2.20. The first-order chi connectivity index (χ1) is 27.4. The SMILES string of the molecule is CC/C=C\C/C=C\C/C=C\CCCCCCCC(=O)OC(COCCCCCCCCC/C=C\C/C=C\C/C=C\CCCCCCC)COP(=O)(O)OCCN. The molecule has 0 aromatic carbocycles. The Morgan fingerprint density at radius 3 is 1.50 bits per heavy atom. The van der Waals surface area contributed by atoms with Crippen molar-refractivity contribution in [3.8, 4) is 0 Å². The van der Waals surface area contributed by atoms with Crippen LogP contribution in [0, 0.1) is 0 Å². The van der Waals surface area contributed by atoms with Crippen LogP contribution in [0.5, 0.6) is 0 Å². The molecule has 0 fully saturated rings. The summed E-state index contributed by atoms with van der Waals surface area (Å²) in [6, 6.07) is 0. The summed E-state index contributed by atoms with van der Waals surface area (Å²) in [5, 5.41) is 0. The van der Waals surface area contributed by atoms with Gasteiger partial charge < -0.3 is 20.1 Å². The van der Waals surface area contributed by atoms with Gasteiger partial charge in [-0.3, -0.25) is 13.8 Å². The molecule has 0 saturated carbocycles. The molecule has 0 rings (SSSR count). The molecule has 0 spiro atoms. The fourth-order valence-electron chi connectivity index (χ4n) is 5.84. The van der Waals surface area contributed by atoms with Crippen molar-refractivity contribution in [1.29, 1.82) is 0 Å². The molecular weight excluding hydrogens is 721 g/mol. The third-order valence-electron chi connectivity index (χ3n) is 9.11. The fourth-order valence-corrected chi connectivity index (χ4v) is 6.61. The van der Waals surface area contributed by atoms with Crippen molar-refractivity contribution in [2.24, 2.45) is 5.73 Å². The Morgan fingerprint density at radius 2 is 1.00 bits per heavy atom. The van der Waals surface area contributed by atoms with E-state index in [4.69, 9.17) is 24.3 Å². The highest BCUT2D eigenvalue weighted by molar-refractivity contribution is 7.47. The average molecular weight is 806 g/mol. The number of phosphoric ester groups is 1. The van der Waals surface area contributed by atoms with Crippen molar-refractivity contribution in [2.75, 3.05) is 33.0 Å². The Balaban J connectivity index is 4.06. The number of hydrogen-bond donors (Lipinski definition) is 2. The zero-order valence-corrected chi connectivity index (χ0v) is 36.7. The Morgan fingerprint density at radius 1 is 0.554 bits per heavy atom. The van der Waals surface area contributed by atoms with Gasteiger partial charge in [0.25, 0.3) is 0 Å². The molecule has 2 unspecified atom stereocenters. The Bertz CT molecular complexity index is 1080. The third-order valence-corrected chi connectivity index (χ3v) is 10.1. The third kappa shape index (κ3) is 43.1. The van der Waals surface area contributed by atoms with Crippen molar-refractivity contribution in [1.82, 2.24) is 0 Å². The number of carbonyl (C=O) groups is 1. The second-order valence-corrected chi connectivity index (χ2v) is 16.0. The molecule has 0 aromatic rings. The number of esters is 1. The molecule has 56 heavy (non-hydrogen) atoms. The number of rotatable bonds is 42. The molecule has 324 valence electrons. The van der Waals surface area contributed by atoms with Crippen LogP contribution >= 0.6 is 7.82 Å². The molecule has 0 bridgehead atoms. The first-order valence-electron chi connectivity index (χ1n) is 22.4. The van der Waals surface area contributed by atoms with Crippen molar-refractivity contribution in [2.45, 2.75) is 187 Å². The van der Waals surface area contributed by atoms with Gasteiger partial charge in [-0.05, 0) is 83.5 Å². The van der Waals surface area contributed by atoms with Crippen LogP contribution in [-0.2, 0) is 27.9 Å². The highest BCUT2D eigenvalue weighted by Crippen LogP contribution is 2.43. The number of ether oxygens (including phenoxy) is 2. The molecule has 2 atom stereocenters. The molecule has 0 aromatic heterocycles. The number of hydrogen-bond acceptors (Lipinski definition) is 7. The van der Waals surface area contributed by atoms with E-state index in [-0.39, 0.29) is 32.3 Å². The van der Waals surface area contributed by atoms with Gasteiger partial charge in [0, 0.05) is 19.6 Å². The van der Waals surface area contributed by atoms with Gasteiger partial charge >= 0.3 is 13.8 Å². The Hall–Kier alpha value is -2.06. The quantitative estimate of drug-likeness (QED) is 0.0271. The summed E-state index contributed by atoms with van der Waals surface area (Å²) in [5.74, 6) is -0.353. The monoisotopic (exact) mass is 806 g/mol. The average Bonchev–Trinajstić information content (AvgIpc) is 3.19. The van der Waals surface area contributed by atoms with Gasteiger partial charge in [0.1, 0.15) is 6.10 Å². The van der Waals surface area contributed by atoms with Crippen LogP contribution in [0.25, 0.3) is 0 Å². The minimum absolute atomic E-state index is 0.0918. The lowest BCUT2D eigenvalue weighted by Crippen LogP contribution is -2.28. The lowest BCUT2D eigenvalue weighted by atomic mass is 10.1. The van der Waals surface area contributed by atoms with Gasteiger partial charge in [-0.15, -0.1) is 0 Å². The van der Waals surface area contributed by atoms with Gasteiger partial charge in [-0.25, -0.2) is 4.57 Å². The van der Waals surface area contributed by atoms with Crippen LogP contribution in [0.15, 0.2) is 72.9 Å². The van der Waals surface area contributed by atoms with E-state index in [1.165, 1.54) is 64.2 Å². The number of carbonyl (C=O) groups excluding carboxylic acids is 1. The van der Waals surface area contributed by atoms with E-state index in [0.29, 0.717) is 13.0 Å². The number of unbranched alkanes of at least 4 members (excludes halogenated alkanes) is 17. The van der Waals surface area contributed by atoms with Crippen molar-refractivity contribution >= 4 is 13.8 Å². The van der Waals surface area contributed by atoms with Crippen LogP contribution in [-0.4, -0.2) is 49.9 Å². The summed E-state index contributed by atoms with van der Waals surface area (Å²) in [6.45, 7) is 4.74. The topological polar surface area (TPSA) is 117 Å². The van der Waals surface area contributed by atoms with E-state index in [2.05, 4.69) is 86.8 Å². The normalized spacial score (nSPS) is 14.1. The van der Waals surface area contributed by atoms with E-state index in [9.17, 15) is 14.3 Å². The van der Waals surface area contributed by atoms with E-state index >= 15 is 0 Å². The second kappa shape index (κ2) is 44.1. The van der Waals surface area contributed by atoms with Crippen LogP contribution in [0.3, 0.4) is 0 Å². The lowest BCUT2D eigenvalue weighted by molar-refractivity contribution is -0.154. The van der Waals surface area contributed by atoms with Crippen molar-refractivity contribution in [3.63, 3.8) is 0 Å². The van der Waals surface area contributed by atoms with E-state index in [1.54, 1.807) is 0 Å². The van der Waals surface area contributed by atoms with Gasteiger partial charge in [-0.2, -0.15) is 0 Å². The first-order valence-corrected chi connectivity index (χ1v) is 23.9. The van der Waals surface area contributed by atoms with E-state index < -0.39 is 13.9 Å². The molecule has 0 aliphatic heterocycles. The highest BCUT2D eigenvalue weighted by Gasteiger charge is 2.25. The zero-order valence-electron chi connectivity index (χ0n) is 35.8. The van der Waals surface area contributed by atoms with Crippen LogP contribution in [0.4, 0.5) is 0 Å². The molecule has 0 aliphatic carbocycles. The van der Waals surface area contributed by atoms with Crippen molar-refractivity contribution < 1.29 is 32.8 Å². The predicted octanol–water partition coefficient (Wildman–Crippen LogP) is 13.5. The van der Waals surface area contributed by atoms with Crippen LogP contribution in [0.1, 0.15) is 181 Å². The number of allylic oxidation sites excluding steroid dienone is 12. The Labute approximate surface area is 344 Å². The summed E-state index contributed by atoms with van der Waals surface area (Å²) in [5.41, 5.74) is 5.37. The van der Waals surface area contributed by atoms with Gasteiger partial charge in [-0.1, -0.05) is 164 Å². The number of phosphoric acid groups is 1. The van der Waals surface area contributed by atoms with E-state index in [0.717, 1.165) is 96.3 Å². The minimum Gasteiger partial charge on any atom is -0.457 e. The zero-order chi connectivity index (χ0) is 40.9. The van der Waals surface area contributed by atoms with E-state index in [1.807, 2.05) is 0 Å². The summed E-state index contributed by atoms with van der Waals surface area (Å²) in [6.07, 6.45) is 54.9. The summed E-state index contributed by atoms with van der Waals surface area (Å²) >= 11 is 0. The molecule has 3 N–H and O–H groups in total. The Kier molecular flexibility index (Phi) is 42.4. The number of nitrogens with two attached hydrogens (primary N) is 1. The molecule has 0 saturated heterocycles. The molecule has 0 heterocycles. The van der Waals surface area contributed by atoms with Crippen LogP contribution in [0.2, 0.25) is 0 Å². The smallest absolute Gasteiger partial charge is 0.457 e. The largest absolute Gasteiger partial charge is 0.472 e. The molecule has 8 nitrogen and oxygen atoms in total. The molecule has 0 aliphatic rings. The van der Waals surface area contributed by atoms with Gasteiger partial charge in [0.05, 0.1) is 19.8 Å². The fraction of sp³-hybridized carbons (Fsp3) is 0.723.